The Balaban J connectivity index is 5.21. The van der Waals surface area contributed by atoms with E-state index in [1.165, 1.54) is 257 Å². The maximum atomic E-state index is 13.1. The molecular formula is C81H158O17P2. The van der Waals surface area contributed by atoms with Gasteiger partial charge in [-0.1, -0.05) is 381 Å². The molecule has 0 aromatic heterocycles. The molecule has 100 heavy (non-hydrogen) atoms. The highest BCUT2D eigenvalue weighted by atomic mass is 31.2. The Morgan fingerprint density at radius 2 is 0.460 bits per heavy atom. The molecule has 0 aliphatic heterocycles. The summed E-state index contributed by atoms with van der Waals surface area (Å²) in [6.45, 7) is 7.31. The van der Waals surface area contributed by atoms with Crippen molar-refractivity contribution in [2.24, 2.45) is 5.92 Å². The second kappa shape index (κ2) is 73.9. The van der Waals surface area contributed by atoms with E-state index in [1.807, 2.05) is 0 Å². The highest BCUT2D eigenvalue weighted by Gasteiger charge is 2.30. The molecule has 594 valence electrons. The van der Waals surface area contributed by atoms with Crippen LogP contribution in [0, 0.1) is 5.92 Å². The molecule has 0 aromatic rings. The van der Waals surface area contributed by atoms with Crippen molar-refractivity contribution in [1.29, 1.82) is 0 Å². The predicted octanol–water partition coefficient (Wildman–Crippen LogP) is 24.4. The van der Waals surface area contributed by atoms with Gasteiger partial charge in [0, 0.05) is 25.7 Å². The van der Waals surface area contributed by atoms with Gasteiger partial charge in [0.05, 0.1) is 26.4 Å². The first-order chi connectivity index (χ1) is 48.5. The lowest BCUT2D eigenvalue weighted by Gasteiger charge is -2.21. The number of phosphoric ester groups is 2. The molecule has 0 saturated carbocycles. The second-order valence-corrected chi connectivity index (χ2v) is 32.5. The molecule has 0 heterocycles. The van der Waals surface area contributed by atoms with Crippen molar-refractivity contribution in [2.45, 2.75) is 451 Å². The fourth-order valence-corrected chi connectivity index (χ4v) is 14.2. The van der Waals surface area contributed by atoms with Gasteiger partial charge in [0.2, 0.25) is 0 Å². The average Bonchev–Trinajstić information content (AvgIpc) is 0.927. The summed E-state index contributed by atoms with van der Waals surface area (Å²) in [5.41, 5.74) is 0. The number of hydrogen-bond donors (Lipinski definition) is 3. The molecule has 17 nitrogen and oxygen atoms in total. The number of rotatable bonds is 81. The van der Waals surface area contributed by atoms with Crippen LogP contribution in [0.3, 0.4) is 0 Å². The minimum absolute atomic E-state index is 0.107. The van der Waals surface area contributed by atoms with E-state index >= 15 is 0 Å². The standard InChI is InChI=1S/C81H158O17P2/c1-6-9-12-15-18-21-24-26-28-30-31-32-33-34-36-38-40-46-51-56-61-66-80(85)97-77(71-92-79(84)65-60-55-50-45-39-37-35-29-27-25-22-19-16-13-10-7-2)73-96-100(89,90)94-69-75(82)68-93-99(87,88)95-72-76(70-91-78(83)64-59-54-49-44-23-20-17-14-11-8-3)98-81(86)67-62-57-52-47-42-41-43-48-53-58-63-74(4)5/h74-77,82H,6-73H2,1-5H3,(H,87,88)(H,89,90)/t75-,76+,77+/m0/s1. The molecule has 19 heteroatoms. The van der Waals surface area contributed by atoms with Crippen molar-refractivity contribution >= 4 is 39.5 Å². The molecule has 0 radical (unpaired) electrons. The minimum Gasteiger partial charge on any atom is -0.462 e. The molecule has 0 saturated heterocycles. The summed E-state index contributed by atoms with van der Waals surface area (Å²) in [4.78, 5) is 73.0. The quantitative estimate of drug-likeness (QED) is 0.0222. The zero-order valence-electron chi connectivity index (χ0n) is 65.3. The van der Waals surface area contributed by atoms with Gasteiger partial charge >= 0.3 is 39.5 Å². The number of hydrogen-bond acceptors (Lipinski definition) is 15. The second-order valence-electron chi connectivity index (χ2n) is 29.6. The first kappa shape index (κ1) is 98.1. The Labute approximate surface area is 613 Å². The zero-order chi connectivity index (χ0) is 73.4. The third-order valence-corrected chi connectivity index (χ3v) is 20.9. The zero-order valence-corrected chi connectivity index (χ0v) is 67.1. The van der Waals surface area contributed by atoms with Crippen LogP contribution in [0.25, 0.3) is 0 Å². The van der Waals surface area contributed by atoms with Gasteiger partial charge in [-0.15, -0.1) is 0 Å². The molecule has 0 fully saturated rings. The number of carbonyl (C=O) groups is 4. The molecular weight excluding hydrogens is 1310 g/mol. The van der Waals surface area contributed by atoms with Crippen molar-refractivity contribution < 1.29 is 80.2 Å². The van der Waals surface area contributed by atoms with Gasteiger partial charge in [-0.3, -0.25) is 37.3 Å². The number of carbonyl (C=O) groups excluding carboxylic acids is 4. The van der Waals surface area contributed by atoms with Gasteiger partial charge in [0.25, 0.3) is 0 Å². The number of aliphatic hydroxyl groups is 1. The molecule has 0 aliphatic carbocycles. The number of aliphatic hydroxyl groups excluding tert-OH is 1. The Morgan fingerprint density at radius 1 is 0.270 bits per heavy atom. The van der Waals surface area contributed by atoms with Crippen molar-refractivity contribution in [3.05, 3.63) is 0 Å². The van der Waals surface area contributed by atoms with Crippen LogP contribution in [0.2, 0.25) is 0 Å². The first-order valence-electron chi connectivity index (χ1n) is 42.1. The van der Waals surface area contributed by atoms with E-state index < -0.39 is 97.5 Å². The van der Waals surface area contributed by atoms with Gasteiger partial charge in [-0.05, 0) is 31.6 Å². The Bertz CT molecular complexity index is 1910. The van der Waals surface area contributed by atoms with E-state index in [0.29, 0.717) is 25.7 Å². The van der Waals surface area contributed by atoms with E-state index in [2.05, 4.69) is 34.6 Å². The molecule has 0 aliphatic rings. The van der Waals surface area contributed by atoms with E-state index in [-0.39, 0.29) is 25.7 Å². The van der Waals surface area contributed by atoms with Crippen LogP contribution in [0.15, 0.2) is 0 Å². The summed E-state index contributed by atoms with van der Waals surface area (Å²) in [5.74, 6) is -1.36. The van der Waals surface area contributed by atoms with Crippen LogP contribution < -0.4 is 0 Å². The fourth-order valence-electron chi connectivity index (χ4n) is 12.6. The molecule has 0 rings (SSSR count). The number of ether oxygens (including phenoxy) is 4. The normalized spacial score (nSPS) is 13.8. The van der Waals surface area contributed by atoms with Gasteiger partial charge in [0.1, 0.15) is 19.3 Å². The summed E-state index contributed by atoms with van der Waals surface area (Å²) in [5, 5.41) is 10.6. The van der Waals surface area contributed by atoms with E-state index in [9.17, 15) is 43.2 Å². The van der Waals surface area contributed by atoms with Crippen LogP contribution in [0.5, 0.6) is 0 Å². The average molecular weight is 1470 g/mol. The molecule has 0 spiro atoms. The van der Waals surface area contributed by atoms with E-state index in [4.69, 9.17) is 37.0 Å². The summed E-state index contributed by atoms with van der Waals surface area (Å²) >= 11 is 0. The van der Waals surface area contributed by atoms with Gasteiger partial charge in [-0.25, -0.2) is 9.13 Å². The maximum absolute atomic E-state index is 13.1. The maximum Gasteiger partial charge on any atom is 0.472 e. The van der Waals surface area contributed by atoms with Crippen LogP contribution in [0.4, 0.5) is 0 Å². The van der Waals surface area contributed by atoms with E-state index in [0.717, 1.165) is 95.8 Å². The Kier molecular flexibility index (Phi) is 72.5. The molecule has 0 aromatic carbocycles. The largest absolute Gasteiger partial charge is 0.472 e. The lowest BCUT2D eigenvalue weighted by Crippen LogP contribution is -2.30. The van der Waals surface area contributed by atoms with Gasteiger partial charge < -0.3 is 33.8 Å². The topological polar surface area (TPSA) is 237 Å². The van der Waals surface area contributed by atoms with Crippen molar-refractivity contribution in [2.75, 3.05) is 39.6 Å². The third-order valence-electron chi connectivity index (χ3n) is 19.0. The number of unbranched alkanes of at least 4 members (excludes halogenated alkanes) is 53. The minimum atomic E-state index is -4.96. The van der Waals surface area contributed by atoms with Crippen LogP contribution in [0.1, 0.15) is 433 Å². The first-order valence-corrected chi connectivity index (χ1v) is 45.1. The summed E-state index contributed by atoms with van der Waals surface area (Å²) in [6.07, 6.45) is 65.3. The van der Waals surface area contributed by atoms with E-state index in [1.54, 1.807) is 0 Å². The van der Waals surface area contributed by atoms with Crippen LogP contribution in [-0.2, 0) is 65.4 Å². The van der Waals surface area contributed by atoms with Crippen LogP contribution in [-0.4, -0.2) is 96.7 Å². The SMILES string of the molecule is CCCCCCCCCCCCCCCCCCCCCCCC(=O)O[C@H](COC(=O)CCCCCCCCCCCCCCCCCC)COP(=O)(O)OC[C@@H](O)COP(=O)(O)OC[C@@H](COC(=O)CCCCCCCCCCCC)OC(=O)CCCCCCCCCCCCC(C)C. The van der Waals surface area contributed by atoms with Crippen molar-refractivity contribution in [1.82, 2.24) is 0 Å². The van der Waals surface area contributed by atoms with Gasteiger partial charge in [-0.2, -0.15) is 0 Å². The predicted molar refractivity (Wildman–Crippen MR) is 409 cm³/mol. The highest BCUT2D eigenvalue weighted by Crippen LogP contribution is 2.45. The molecule has 0 bridgehead atoms. The number of esters is 4. The fraction of sp³-hybridized carbons (Fsp3) is 0.951. The molecule has 2 unspecified atom stereocenters. The van der Waals surface area contributed by atoms with Crippen molar-refractivity contribution in [3.8, 4) is 0 Å². The third kappa shape index (κ3) is 74.3. The molecule has 0 amide bonds. The van der Waals surface area contributed by atoms with Gasteiger partial charge in [0.15, 0.2) is 12.2 Å². The number of phosphoric acid groups is 2. The van der Waals surface area contributed by atoms with Crippen molar-refractivity contribution in [3.63, 3.8) is 0 Å². The summed E-state index contributed by atoms with van der Waals surface area (Å²) in [7, 11) is -9.92. The Morgan fingerprint density at radius 3 is 0.680 bits per heavy atom. The lowest BCUT2D eigenvalue weighted by molar-refractivity contribution is -0.161. The molecule has 5 atom stereocenters. The monoisotopic (exact) mass is 1470 g/mol. The highest BCUT2D eigenvalue weighted by molar-refractivity contribution is 7.47. The lowest BCUT2D eigenvalue weighted by atomic mass is 10.0. The molecule has 3 N–H and O–H groups in total. The summed E-state index contributed by atoms with van der Waals surface area (Å²) in [6, 6.07) is 0. The summed E-state index contributed by atoms with van der Waals surface area (Å²) < 4.78 is 68.7. The smallest absolute Gasteiger partial charge is 0.462 e. The van der Waals surface area contributed by atoms with Crippen LogP contribution >= 0.6 is 15.6 Å². The Hall–Kier alpha value is -1.94.